The first-order chi connectivity index (χ1) is 4.26. The maximum absolute atomic E-state index is 9.35. The van der Waals surface area contributed by atoms with E-state index in [1.54, 1.807) is 0 Å². The number of hydrogen-bond acceptors (Lipinski definition) is 1. The fourth-order valence-electron chi connectivity index (χ4n) is 0.903. The van der Waals surface area contributed by atoms with E-state index in [2.05, 4.69) is 13.8 Å². The van der Waals surface area contributed by atoms with Crippen molar-refractivity contribution in [3.05, 3.63) is 0 Å². The van der Waals surface area contributed by atoms with Crippen molar-refractivity contribution >= 4 is 7.92 Å². The Bertz CT molecular complexity index is 61.9. The summed E-state index contributed by atoms with van der Waals surface area (Å²) in [6.07, 6.45) is 3.26. The Kier molecular flexibility index (Phi) is 5.42. The Morgan fingerprint density at radius 2 is 1.67 bits per heavy atom. The minimum Gasteiger partial charge on any atom is -0.389 e. The Balaban J connectivity index is 3.50. The van der Waals surface area contributed by atoms with Crippen LogP contribution in [-0.2, 0) is 0 Å². The van der Waals surface area contributed by atoms with Gasteiger partial charge in [-0.2, -0.15) is 0 Å². The van der Waals surface area contributed by atoms with Gasteiger partial charge < -0.3 is 5.11 Å². The van der Waals surface area contributed by atoms with Crippen LogP contribution in [0.5, 0.6) is 0 Å². The first-order valence-electron chi connectivity index (χ1n) is 3.68. The number of aliphatic hydroxyl groups is 1. The van der Waals surface area contributed by atoms with E-state index in [1.165, 1.54) is 12.3 Å². The van der Waals surface area contributed by atoms with Crippen molar-refractivity contribution in [1.29, 1.82) is 0 Å². The smallest absolute Gasteiger partial charge is 0.0727 e. The molecule has 1 nitrogen and oxygen atoms in total. The molecule has 0 amide bonds. The van der Waals surface area contributed by atoms with E-state index in [9.17, 15) is 5.11 Å². The molecule has 0 spiro atoms. The van der Waals surface area contributed by atoms with Gasteiger partial charge in [0.25, 0.3) is 0 Å². The molecule has 0 aliphatic carbocycles. The SMILES string of the molecule is CCC(O)P(CC)CC. The molecule has 1 unspecified atom stereocenters. The highest BCUT2D eigenvalue weighted by atomic mass is 31.1. The summed E-state index contributed by atoms with van der Waals surface area (Å²) in [6.45, 7) is 6.37. The summed E-state index contributed by atoms with van der Waals surface area (Å²) >= 11 is 0. The van der Waals surface area contributed by atoms with Crippen molar-refractivity contribution in [2.75, 3.05) is 12.3 Å². The van der Waals surface area contributed by atoms with E-state index in [1.807, 2.05) is 6.92 Å². The van der Waals surface area contributed by atoms with Crippen LogP contribution < -0.4 is 0 Å². The average Bonchev–Trinajstić information content (AvgIpc) is 1.90. The van der Waals surface area contributed by atoms with E-state index in [-0.39, 0.29) is 13.8 Å². The molecule has 0 aromatic carbocycles. The van der Waals surface area contributed by atoms with Crippen LogP contribution in [0.1, 0.15) is 27.2 Å². The summed E-state index contributed by atoms with van der Waals surface area (Å²) in [7, 11) is -0.0620. The second-order valence-electron chi connectivity index (χ2n) is 2.11. The van der Waals surface area contributed by atoms with Gasteiger partial charge in [-0.25, -0.2) is 0 Å². The Morgan fingerprint density at radius 1 is 1.22 bits per heavy atom. The highest BCUT2D eigenvalue weighted by molar-refractivity contribution is 7.58. The van der Waals surface area contributed by atoms with Crippen molar-refractivity contribution in [3.63, 3.8) is 0 Å². The zero-order chi connectivity index (χ0) is 7.28. The summed E-state index contributed by atoms with van der Waals surface area (Å²) in [6, 6.07) is 0. The molecule has 56 valence electrons. The summed E-state index contributed by atoms with van der Waals surface area (Å²) in [4.78, 5) is 0. The van der Waals surface area contributed by atoms with Gasteiger partial charge in [0.1, 0.15) is 0 Å². The molecule has 0 rings (SSSR count). The lowest BCUT2D eigenvalue weighted by atomic mass is 10.5. The molecule has 2 heteroatoms. The van der Waals surface area contributed by atoms with Gasteiger partial charge in [-0.05, 0) is 18.7 Å². The Labute approximate surface area is 59.2 Å². The zero-order valence-electron chi connectivity index (χ0n) is 6.59. The minimum atomic E-state index is -0.0620. The molecular weight excluding hydrogens is 131 g/mol. The molecule has 0 aromatic heterocycles. The van der Waals surface area contributed by atoms with E-state index >= 15 is 0 Å². The van der Waals surface area contributed by atoms with Crippen molar-refractivity contribution < 1.29 is 5.11 Å². The predicted molar refractivity (Wildman–Crippen MR) is 44.3 cm³/mol. The average molecular weight is 148 g/mol. The number of hydrogen-bond donors (Lipinski definition) is 1. The van der Waals surface area contributed by atoms with Gasteiger partial charge in [0.15, 0.2) is 0 Å². The molecule has 1 atom stereocenters. The highest BCUT2D eigenvalue weighted by Crippen LogP contribution is 2.39. The van der Waals surface area contributed by atoms with Crippen LogP contribution in [0.2, 0.25) is 0 Å². The lowest BCUT2D eigenvalue weighted by molar-refractivity contribution is 0.253. The zero-order valence-corrected chi connectivity index (χ0v) is 7.49. The van der Waals surface area contributed by atoms with E-state index in [0.29, 0.717) is 0 Å². The molecular formula is C7H17OP. The molecule has 0 bridgehead atoms. The third-order valence-electron chi connectivity index (χ3n) is 1.60. The molecule has 9 heavy (non-hydrogen) atoms. The first kappa shape index (κ1) is 9.39. The van der Waals surface area contributed by atoms with Crippen molar-refractivity contribution in [3.8, 4) is 0 Å². The second kappa shape index (κ2) is 5.20. The van der Waals surface area contributed by atoms with Gasteiger partial charge in [-0.1, -0.05) is 28.7 Å². The van der Waals surface area contributed by atoms with Crippen molar-refractivity contribution in [1.82, 2.24) is 0 Å². The molecule has 0 fully saturated rings. The summed E-state index contributed by atoms with van der Waals surface area (Å²) in [5.74, 6) is -0.00463. The Morgan fingerprint density at radius 3 is 1.78 bits per heavy atom. The molecule has 0 aliphatic rings. The molecule has 0 aliphatic heterocycles. The van der Waals surface area contributed by atoms with Crippen LogP contribution in [0.4, 0.5) is 0 Å². The first-order valence-corrected chi connectivity index (χ1v) is 5.46. The van der Waals surface area contributed by atoms with Crippen LogP contribution in [0.25, 0.3) is 0 Å². The van der Waals surface area contributed by atoms with Gasteiger partial charge in [-0.15, -0.1) is 0 Å². The highest BCUT2D eigenvalue weighted by Gasteiger charge is 2.10. The molecule has 0 heterocycles. The third-order valence-corrected chi connectivity index (χ3v) is 4.43. The van der Waals surface area contributed by atoms with Gasteiger partial charge in [0, 0.05) is 0 Å². The molecule has 0 saturated carbocycles. The van der Waals surface area contributed by atoms with Gasteiger partial charge in [-0.3, -0.25) is 0 Å². The predicted octanol–water partition coefficient (Wildman–Crippen LogP) is 2.24. The summed E-state index contributed by atoms with van der Waals surface area (Å²) in [5, 5.41) is 9.35. The third kappa shape index (κ3) is 3.17. The van der Waals surface area contributed by atoms with Crippen LogP contribution in [0, 0.1) is 0 Å². The van der Waals surface area contributed by atoms with Gasteiger partial charge >= 0.3 is 0 Å². The molecule has 0 aromatic rings. The van der Waals surface area contributed by atoms with Crippen molar-refractivity contribution in [2.24, 2.45) is 0 Å². The van der Waals surface area contributed by atoms with Gasteiger partial charge in [0.05, 0.1) is 5.85 Å². The normalized spacial score (nSPS) is 14.3. The maximum atomic E-state index is 9.35. The van der Waals surface area contributed by atoms with Gasteiger partial charge in [0.2, 0.25) is 0 Å². The monoisotopic (exact) mass is 148 g/mol. The molecule has 0 saturated heterocycles. The summed E-state index contributed by atoms with van der Waals surface area (Å²) < 4.78 is 0. The quantitative estimate of drug-likeness (QED) is 0.606. The second-order valence-corrected chi connectivity index (χ2v) is 5.15. The lowest BCUT2D eigenvalue weighted by Gasteiger charge is -2.18. The summed E-state index contributed by atoms with van der Waals surface area (Å²) in [5.41, 5.74) is 0. The number of rotatable bonds is 4. The minimum absolute atomic E-state index is 0.00463. The van der Waals surface area contributed by atoms with E-state index < -0.39 is 0 Å². The fraction of sp³-hybridized carbons (Fsp3) is 1.00. The van der Waals surface area contributed by atoms with Crippen LogP contribution in [0.3, 0.4) is 0 Å². The van der Waals surface area contributed by atoms with Crippen molar-refractivity contribution in [2.45, 2.75) is 33.0 Å². The van der Waals surface area contributed by atoms with E-state index in [4.69, 9.17) is 0 Å². The Hall–Kier alpha value is 0.390. The van der Waals surface area contributed by atoms with Crippen LogP contribution in [0.15, 0.2) is 0 Å². The molecule has 0 radical (unpaired) electrons. The lowest BCUT2D eigenvalue weighted by Crippen LogP contribution is -2.04. The molecule has 1 N–H and O–H groups in total. The van der Waals surface area contributed by atoms with Crippen LogP contribution in [-0.4, -0.2) is 23.3 Å². The van der Waals surface area contributed by atoms with Crippen LogP contribution >= 0.6 is 7.92 Å². The number of aliphatic hydroxyl groups excluding tert-OH is 1. The topological polar surface area (TPSA) is 20.2 Å². The maximum Gasteiger partial charge on any atom is 0.0727 e. The van der Waals surface area contributed by atoms with E-state index in [0.717, 1.165) is 6.42 Å². The largest absolute Gasteiger partial charge is 0.389 e. The fourth-order valence-corrected chi connectivity index (χ4v) is 2.71. The standard InChI is InChI=1S/C7H17OP/c1-4-7(8)9(5-2)6-3/h7-8H,4-6H2,1-3H3.